The van der Waals surface area contributed by atoms with E-state index in [1.54, 1.807) is 27.7 Å². The molecule has 0 atom stereocenters. The first-order valence-electron chi connectivity index (χ1n) is 5.06. The fourth-order valence-corrected chi connectivity index (χ4v) is 1.40. The Hall–Kier alpha value is -0.620. The summed E-state index contributed by atoms with van der Waals surface area (Å²) in [5, 5.41) is 12.4. The van der Waals surface area contributed by atoms with Crippen molar-refractivity contribution in [1.29, 1.82) is 0 Å². The van der Waals surface area contributed by atoms with Crippen molar-refractivity contribution < 1.29 is 18.3 Å². The molecule has 0 fully saturated rings. The average Bonchev–Trinajstić information content (AvgIpc) is 1.96. The molecule has 0 aromatic rings. The summed E-state index contributed by atoms with van der Waals surface area (Å²) in [5.41, 5.74) is -1.88. The van der Waals surface area contributed by atoms with Gasteiger partial charge in [-0.05, 0) is 27.7 Å². The highest BCUT2D eigenvalue weighted by atomic mass is 32.2. The lowest BCUT2D eigenvalue weighted by Gasteiger charge is -2.38. The van der Waals surface area contributed by atoms with Crippen LogP contribution in [0.2, 0.25) is 0 Å². The molecular weight excluding hydrogens is 230 g/mol. The maximum atomic E-state index is 11.5. The summed E-state index contributed by atoms with van der Waals surface area (Å²) in [6, 6.07) is 0. The van der Waals surface area contributed by atoms with Gasteiger partial charge in [-0.15, -0.1) is 0 Å². The molecule has 0 rings (SSSR count). The van der Waals surface area contributed by atoms with Crippen LogP contribution in [0.5, 0.6) is 0 Å². The zero-order valence-corrected chi connectivity index (χ0v) is 11.3. The number of hydrogen-bond acceptors (Lipinski definition) is 4. The van der Waals surface area contributed by atoms with Gasteiger partial charge in [0.05, 0.1) is 16.9 Å². The topological polar surface area (TPSA) is 83.5 Å². The first kappa shape index (κ1) is 15.4. The van der Waals surface area contributed by atoms with Crippen molar-refractivity contribution in [3.63, 3.8) is 0 Å². The van der Waals surface area contributed by atoms with Gasteiger partial charge in [-0.25, -0.2) is 8.42 Å². The number of nitrogens with one attached hydrogen (secondary N) is 1. The summed E-state index contributed by atoms with van der Waals surface area (Å²) in [4.78, 5) is 11.5. The lowest BCUT2D eigenvalue weighted by Crippen LogP contribution is -2.57. The molecule has 96 valence electrons. The van der Waals surface area contributed by atoms with E-state index in [1.807, 2.05) is 0 Å². The minimum atomic E-state index is -3.13. The van der Waals surface area contributed by atoms with Crippen LogP contribution in [-0.2, 0) is 14.6 Å². The number of carbonyl (C=O) groups is 1. The predicted molar refractivity (Wildman–Crippen MR) is 62.8 cm³/mol. The summed E-state index contributed by atoms with van der Waals surface area (Å²) < 4.78 is 21.7. The molecule has 0 saturated heterocycles. The van der Waals surface area contributed by atoms with Gasteiger partial charge in [-0.3, -0.25) is 4.79 Å². The number of sulfone groups is 1. The molecule has 0 bridgehead atoms. The standard InChI is InChI=1S/C10H21NO4S/c1-9(2,10(3,4)13)11-8(12)6-7-16(5,14)15/h13H,6-7H2,1-5H3,(H,11,12). The molecule has 2 N–H and O–H groups in total. The van der Waals surface area contributed by atoms with Crippen LogP contribution in [0.1, 0.15) is 34.1 Å². The Bertz CT molecular complexity index is 352. The van der Waals surface area contributed by atoms with Crippen LogP contribution < -0.4 is 5.32 Å². The van der Waals surface area contributed by atoms with Gasteiger partial charge in [-0.1, -0.05) is 0 Å². The van der Waals surface area contributed by atoms with Crippen molar-refractivity contribution in [3.05, 3.63) is 0 Å². The van der Waals surface area contributed by atoms with Crippen LogP contribution in [0.25, 0.3) is 0 Å². The van der Waals surface area contributed by atoms with Gasteiger partial charge in [0.2, 0.25) is 5.91 Å². The van der Waals surface area contributed by atoms with E-state index in [4.69, 9.17) is 0 Å². The molecule has 5 nitrogen and oxygen atoms in total. The van der Waals surface area contributed by atoms with Gasteiger partial charge in [0.1, 0.15) is 9.84 Å². The predicted octanol–water partition coefficient (Wildman–Crippen LogP) is 0.0868. The Balaban J connectivity index is 4.37. The first-order chi connectivity index (χ1) is 6.85. The third-order valence-corrected chi connectivity index (χ3v) is 3.63. The largest absolute Gasteiger partial charge is 0.388 e. The monoisotopic (exact) mass is 251 g/mol. The fourth-order valence-electron chi connectivity index (χ4n) is 0.842. The Morgan fingerprint density at radius 2 is 1.69 bits per heavy atom. The summed E-state index contributed by atoms with van der Waals surface area (Å²) in [6.45, 7) is 6.55. The van der Waals surface area contributed by atoms with E-state index in [0.29, 0.717) is 0 Å². The van der Waals surface area contributed by atoms with E-state index >= 15 is 0 Å². The summed E-state index contributed by atoms with van der Waals surface area (Å²) in [5.74, 6) is -0.557. The molecular formula is C10H21NO4S. The molecule has 0 heterocycles. The van der Waals surface area contributed by atoms with Gasteiger partial charge < -0.3 is 10.4 Å². The minimum absolute atomic E-state index is 0.0850. The van der Waals surface area contributed by atoms with E-state index in [2.05, 4.69) is 5.32 Å². The van der Waals surface area contributed by atoms with Crippen molar-refractivity contribution in [2.24, 2.45) is 0 Å². The minimum Gasteiger partial charge on any atom is -0.388 e. The number of carbonyl (C=O) groups excluding carboxylic acids is 1. The van der Waals surface area contributed by atoms with Gasteiger partial charge in [-0.2, -0.15) is 0 Å². The Labute approximate surface area is 97.2 Å². The molecule has 0 aromatic heterocycles. The summed E-state index contributed by atoms with van der Waals surface area (Å²) in [7, 11) is -3.13. The lowest BCUT2D eigenvalue weighted by molar-refractivity contribution is -0.125. The van der Waals surface area contributed by atoms with Crippen LogP contribution in [-0.4, -0.2) is 42.6 Å². The van der Waals surface area contributed by atoms with Crippen LogP contribution in [0.4, 0.5) is 0 Å². The molecule has 0 radical (unpaired) electrons. The van der Waals surface area contributed by atoms with Crippen LogP contribution in [0.15, 0.2) is 0 Å². The highest BCUT2D eigenvalue weighted by Crippen LogP contribution is 2.20. The highest BCUT2D eigenvalue weighted by molar-refractivity contribution is 7.90. The van der Waals surface area contributed by atoms with Crippen molar-refractivity contribution in [3.8, 4) is 0 Å². The number of hydrogen-bond donors (Lipinski definition) is 2. The maximum absolute atomic E-state index is 11.5. The average molecular weight is 251 g/mol. The Kier molecular flexibility index (Phi) is 4.53. The third-order valence-electron chi connectivity index (χ3n) is 2.68. The molecule has 1 amide bonds. The molecule has 16 heavy (non-hydrogen) atoms. The van der Waals surface area contributed by atoms with Crippen LogP contribution in [0.3, 0.4) is 0 Å². The zero-order chi connectivity index (χ0) is 13.2. The van der Waals surface area contributed by atoms with E-state index in [1.165, 1.54) is 0 Å². The quantitative estimate of drug-likeness (QED) is 0.725. The van der Waals surface area contributed by atoms with Crippen molar-refractivity contribution >= 4 is 15.7 Å². The number of aliphatic hydroxyl groups is 1. The number of rotatable bonds is 5. The summed E-state index contributed by atoms with van der Waals surface area (Å²) in [6.07, 6.45) is 1.000. The molecule has 0 aliphatic rings. The van der Waals surface area contributed by atoms with Crippen molar-refractivity contribution in [2.45, 2.75) is 45.3 Å². The normalized spacial score (nSPS) is 13.6. The van der Waals surface area contributed by atoms with Crippen molar-refractivity contribution in [1.82, 2.24) is 5.32 Å². The third kappa shape index (κ3) is 5.46. The maximum Gasteiger partial charge on any atom is 0.221 e. The van der Waals surface area contributed by atoms with E-state index in [0.717, 1.165) is 6.26 Å². The molecule has 0 aromatic carbocycles. The summed E-state index contributed by atoms with van der Waals surface area (Å²) >= 11 is 0. The van der Waals surface area contributed by atoms with E-state index in [-0.39, 0.29) is 18.1 Å². The smallest absolute Gasteiger partial charge is 0.221 e. The molecule has 0 aliphatic carbocycles. The molecule has 0 aliphatic heterocycles. The van der Waals surface area contributed by atoms with Crippen LogP contribution >= 0.6 is 0 Å². The molecule has 0 unspecified atom stereocenters. The van der Waals surface area contributed by atoms with E-state index < -0.39 is 21.0 Å². The second kappa shape index (κ2) is 4.71. The van der Waals surface area contributed by atoms with Gasteiger partial charge in [0.25, 0.3) is 0 Å². The molecule has 0 saturated carbocycles. The zero-order valence-electron chi connectivity index (χ0n) is 10.5. The Morgan fingerprint density at radius 3 is 2.00 bits per heavy atom. The molecule has 0 spiro atoms. The van der Waals surface area contributed by atoms with E-state index in [9.17, 15) is 18.3 Å². The molecule has 6 heteroatoms. The SMILES string of the molecule is CC(C)(O)C(C)(C)NC(=O)CCS(C)(=O)=O. The first-order valence-corrected chi connectivity index (χ1v) is 7.12. The van der Waals surface area contributed by atoms with Crippen molar-refractivity contribution in [2.75, 3.05) is 12.0 Å². The fraction of sp³-hybridized carbons (Fsp3) is 0.900. The second-order valence-electron chi connectivity index (χ2n) is 5.11. The van der Waals surface area contributed by atoms with Gasteiger partial charge in [0, 0.05) is 12.7 Å². The van der Waals surface area contributed by atoms with Gasteiger partial charge in [0.15, 0.2) is 0 Å². The highest BCUT2D eigenvalue weighted by Gasteiger charge is 2.36. The number of amides is 1. The van der Waals surface area contributed by atoms with Gasteiger partial charge >= 0.3 is 0 Å². The second-order valence-corrected chi connectivity index (χ2v) is 7.37. The van der Waals surface area contributed by atoms with Crippen LogP contribution in [0, 0.1) is 0 Å². The Morgan fingerprint density at radius 1 is 1.25 bits per heavy atom. The lowest BCUT2D eigenvalue weighted by atomic mass is 9.86.